The molecule has 2 rings (SSSR count). The lowest BCUT2D eigenvalue weighted by Gasteiger charge is -2.06. The van der Waals surface area contributed by atoms with Gasteiger partial charge in [-0.3, -0.25) is 4.98 Å². The third-order valence-electron chi connectivity index (χ3n) is 2.44. The molecule has 2 aromatic rings. The molecule has 0 saturated heterocycles. The molecule has 2 aromatic heterocycles. The van der Waals surface area contributed by atoms with Crippen LogP contribution in [0.2, 0.25) is 0 Å². The summed E-state index contributed by atoms with van der Waals surface area (Å²) >= 11 is 0. The summed E-state index contributed by atoms with van der Waals surface area (Å²) in [5.74, 6) is 0. The van der Waals surface area contributed by atoms with Crippen LogP contribution < -0.4 is 4.57 Å². The number of aliphatic hydroxyl groups excluding tert-OH is 2. The number of rotatable bonds is 3. The second-order valence-electron chi connectivity index (χ2n) is 3.42. The Bertz CT molecular complexity index is 455. The largest absolute Gasteiger partial charge is 0.389 e. The molecule has 4 heteroatoms. The molecule has 2 heterocycles. The molecular formula is C11H13N2O2+. The Kier molecular flexibility index (Phi) is 2.89. The first-order chi connectivity index (χ1) is 7.35. The molecule has 0 aromatic carbocycles. The van der Waals surface area contributed by atoms with Gasteiger partial charge in [0, 0.05) is 18.5 Å². The zero-order valence-corrected chi connectivity index (χ0v) is 8.24. The highest BCUT2D eigenvalue weighted by Gasteiger charge is 2.15. The summed E-state index contributed by atoms with van der Waals surface area (Å²) in [5, 5.41) is 20.2. The van der Waals surface area contributed by atoms with E-state index < -0.39 is 0 Å². The summed E-state index contributed by atoms with van der Waals surface area (Å²) in [6.45, 7) is -0.153. The fourth-order valence-electron chi connectivity index (χ4n) is 1.52. The van der Waals surface area contributed by atoms with E-state index >= 15 is 0 Å². The van der Waals surface area contributed by atoms with Crippen LogP contribution in [0.1, 0.15) is 6.04 Å². The van der Waals surface area contributed by atoms with Crippen molar-refractivity contribution in [2.45, 2.75) is 6.04 Å². The molecule has 2 N–H and O–H groups in total. The predicted octanol–water partition coefficient (Wildman–Crippen LogP) is 0.0480. The summed E-state index contributed by atoms with van der Waals surface area (Å²) in [7, 11) is 0. The molecule has 0 amide bonds. The zero-order valence-electron chi connectivity index (χ0n) is 8.24. The maximum absolute atomic E-state index is 9.06. The van der Waals surface area contributed by atoms with Crippen LogP contribution in [0.4, 0.5) is 0 Å². The second-order valence-corrected chi connectivity index (χ2v) is 3.42. The van der Waals surface area contributed by atoms with Crippen LogP contribution in [0.25, 0.3) is 10.8 Å². The van der Waals surface area contributed by atoms with E-state index in [1.54, 1.807) is 17.0 Å². The maximum Gasteiger partial charge on any atom is 0.203 e. The van der Waals surface area contributed by atoms with Gasteiger partial charge in [0.05, 0.1) is 5.39 Å². The van der Waals surface area contributed by atoms with Crippen LogP contribution in [-0.4, -0.2) is 28.4 Å². The van der Waals surface area contributed by atoms with Crippen LogP contribution in [-0.2, 0) is 0 Å². The van der Waals surface area contributed by atoms with Gasteiger partial charge in [-0.25, -0.2) is 0 Å². The average molecular weight is 205 g/mol. The Morgan fingerprint density at radius 3 is 2.73 bits per heavy atom. The minimum absolute atomic E-state index is 0.0765. The van der Waals surface area contributed by atoms with E-state index in [-0.39, 0.29) is 19.3 Å². The standard InChI is InChI=1S/C11H13N2O2/c14-7-11(8-15)13-4-2-9-1-3-12-5-10(9)6-13/h1-6,11,14-15H,7-8H2/q+1. The van der Waals surface area contributed by atoms with E-state index in [0.717, 1.165) is 10.8 Å². The lowest BCUT2D eigenvalue weighted by Crippen LogP contribution is -2.42. The van der Waals surface area contributed by atoms with Crippen molar-refractivity contribution in [2.24, 2.45) is 0 Å². The highest BCUT2D eigenvalue weighted by molar-refractivity contribution is 5.79. The van der Waals surface area contributed by atoms with Crippen molar-refractivity contribution in [3.63, 3.8) is 0 Å². The minimum atomic E-state index is -0.283. The summed E-state index contributed by atoms with van der Waals surface area (Å²) in [6, 6.07) is 3.58. The monoisotopic (exact) mass is 205 g/mol. The van der Waals surface area contributed by atoms with Gasteiger partial charge in [0.2, 0.25) is 6.04 Å². The summed E-state index contributed by atoms with van der Waals surface area (Å²) in [6.07, 6.45) is 7.22. The molecule has 78 valence electrons. The molecule has 0 bridgehead atoms. The van der Waals surface area contributed by atoms with Crippen LogP contribution in [0.5, 0.6) is 0 Å². The summed E-state index contributed by atoms with van der Waals surface area (Å²) in [4.78, 5) is 4.03. The smallest absolute Gasteiger partial charge is 0.203 e. The molecular weight excluding hydrogens is 192 g/mol. The van der Waals surface area contributed by atoms with Gasteiger partial charge in [-0.1, -0.05) is 0 Å². The van der Waals surface area contributed by atoms with E-state index in [4.69, 9.17) is 10.2 Å². The van der Waals surface area contributed by atoms with Gasteiger partial charge in [0.25, 0.3) is 0 Å². The first-order valence-corrected chi connectivity index (χ1v) is 4.81. The number of nitrogens with zero attached hydrogens (tertiary/aromatic N) is 2. The number of aromatic nitrogens is 2. The average Bonchev–Trinajstić information content (AvgIpc) is 2.30. The van der Waals surface area contributed by atoms with E-state index in [2.05, 4.69) is 4.98 Å². The van der Waals surface area contributed by atoms with Gasteiger partial charge in [0.15, 0.2) is 12.4 Å². The molecule has 0 unspecified atom stereocenters. The molecule has 0 aliphatic heterocycles. The van der Waals surface area contributed by atoms with Crippen LogP contribution in [0.15, 0.2) is 36.9 Å². The van der Waals surface area contributed by atoms with Crippen molar-refractivity contribution in [3.05, 3.63) is 36.9 Å². The molecule has 15 heavy (non-hydrogen) atoms. The lowest BCUT2D eigenvalue weighted by molar-refractivity contribution is -0.724. The number of fused-ring (bicyclic) bond motifs is 1. The van der Waals surface area contributed by atoms with Crippen molar-refractivity contribution >= 4 is 10.8 Å². The minimum Gasteiger partial charge on any atom is -0.389 e. The van der Waals surface area contributed by atoms with Crippen molar-refractivity contribution in [1.29, 1.82) is 0 Å². The number of hydrogen-bond acceptors (Lipinski definition) is 3. The summed E-state index contributed by atoms with van der Waals surface area (Å²) in [5.41, 5.74) is 0. The number of pyridine rings is 2. The molecule has 0 aliphatic rings. The van der Waals surface area contributed by atoms with Gasteiger partial charge in [-0.2, -0.15) is 4.57 Å². The molecule has 4 nitrogen and oxygen atoms in total. The van der Waals surface area contributed by atoms with Crippen LogP contribution in [0.3, 0.4) is 0 Å². The lowest BCUT2D eigenvalue weighted by atomic mass is 10.2. The normalized spacial score (nSPS) is 11.1. The van der Waals surface area contributed by atoms with Crippen molar-refractivity contribution in [1.82, 2.24) is 4.98 Å². The van der Waals surface area contributed by atoms with E-state index in [1.807, 2.05) is 24.5 Å². The van der Waals surface area contributed by atoms with Gasteiger partial charge in [-0.05, 0) is 11.5 Å². The Hall–Kier alpha value is -1.52. The molecule has 0 saturated carbocycles. The topological polar surface area (TPSA) is 57.2 Å². The third kappa shape index (κ3) is 1.95. The molecule has 0 radical (unpaired) electrons. The first-order valence-electron chi connectivity index (χ1n) is 4.81. The molecule has 0 aliphatic carbocycles. The predicted molar refractivity (Wildman–Crippen MR) is 55.1 cm³/mol. The Labute approximate surface area is 87.4 Å². The fourth-order valence-corrected chi connectivity index (χ4v) is 1.52. The van der Waals surface area contributed by atoms with Crippen molar-refractivity contribution in [2.75, 3.05) is 13.2 Å². The third-order valence-corrected chi connectivity index (χ3v) is 2.44. The van der Waals surface area contributed by atoms with Gasteiger partial charge < -0.3 is 10.2 Å². The Morgan fingerprint density at radius 2 is 2.00 bits per heavy atom. The Morgan fingerprint density at radius 1 is 1.20 bits per heavy atom. The van der Waals surface area contributed by atoms with E-state index in [0.29, 0.717) is 0 Å². The maximum atomic E-state index is 9.06. The highest BCUT2D eigenvalue weighted by Crippen LogP contribution is 2.09. The van der Waals surface area contributed by atoms with Crippen LogP contribution >= 0.6 is 0 Å². The summed E-state index contributed by atoms with van der Waals surface area (Å²) < 4.78 is 1.80. The van der Waals surface area contributed by atoms with Gasteiger partial charge in [0.1, 0.15) is 13.2 Å². The number of hydrogen-bond donors (Lipinski definition) is 2. The second kappa shape index (κ2) is 4.33. The first kappa shape index (κ1) is 10.0. The molecule has 0 spiro atoms. The SMILES string of the molecule is OCC(CO)[n+]1ccc2ccncc2c1. The quantitative estimate of drug-likeness (QED) is 0.696. The highest BCUT2D eigenvalue weighted by atomic mass is 16.3. The zero-order chi connectivity index (χ0) is 10.7. The number of aliphatic hydroxyl groups is 2. The fraction of sp³-hybridized carbons (Fsp3) is 0.273. The van der Waals surface area contributed by atoms with Crippen LogP contribution in [0, 0.1) is 0 Å². The Balaban J connectivity index is 2.46. The van der Waals surface area contributed by atoms with Gasteiger partial charge in [-0.15, -0.1) is 0 Å². The van der Waals surface area contributed by atoms with E-state index in [9.17, 15) is 0 Å². The van der Waals surface area contributed by atoms with Crippen molar-refractivity contribution in [3.8, 4) is 0 Å². The van der Waals surface area contributed by atoms with Gasteiger partial charge >= 0.3 is 0 Å². The molecule has 0 fully saturated rings. The molecule has 0 atom stereocenters. The van der Waals surface area contributed by atoms with E-state index in [1.165, 1.54) is 0 Å². The van der Waals surface area contributed by atoms with Crippen molar-refractivity contribution < 1.29 is 14.8 Å².